The van der Waals surface area contributed by atoms with Crippen LogP contribution >= 0.6 is 12.2 Å². The number of aliphatic hydroxyl groups is 1. The van der Waals surface area contributed by atoms with E-state index in [0.29, 0.717) is 0 Å². The Kier molecular flexibility index (Phi) is 2.44. The van der Waals surface area contributed by atoms with Gasteiger partial charge in [0.05, 0.1) is 0 Å². The van der Waals surface area contributed by atoms with Crippen LogP contribution in [0.1, 0.15) is 13.8 Å². The van der Waals surface area contributed by atoms with Gasteiger partial charge in [0.1, 0.15) is 5.57 Å². The highest BCUT2D eigenvalue weighted by atomic mass is 32.1. The normalized spacial score (nSPS) is 20.6. The number of hydrogen-bond acceptors (Lipinski definition) is 6. The molecule has 0 unspecified atom stereocenters. The van der Waals surface area contributed by atoms with Gasteiger partial charge in [-0.25, -0.2) is 4.79 Å². The van der Waals surface area contributed by atoms with Crippen molar-refractivity contribution in [2.24, 2.45) is 0 Å². The first-order valence-electron chi connectivity index (χ1n) is 3.40. The Morgan fingerprint density at radius 3 is 2.46 bits per heavy atom. The molecule has 1 N–H and O–H groups in total. The van der Waals surface area contributed by atoms with Crippen LogP contribution in [-0.4, -0.2) is 21.1 Å². The van der Waals surface area contributed by atoms with Crippen molar-refractivity contribution in [1.29, 1.82) is 0 Å². The van der Waals surface area contributed by atoms with Crippen molar-refractivity contribution < 1.29 is 19.4 Å². The lowest BCUT2D eigenvalue weighted by Gasteiger charge is -2.31. The minimum absolute atomic E-state index is 0.169. The maximum atomic E-state index is 11.2. The smallest absolute Gasteiger partial charge is 0.347 e. The fourth-order valence-electron chi connectivity index (χ4n) is 0.837. The average Bonchev–Trinajstić information content (AvgIpc) is 1.78. The molecule has 13 heavy (non-hydrogen) atoms. The van der Waals surface area contributed by atoms with Gasteiger partial charge in [-0.15, -0.1) is 4.20 Å². The first-order chi connectivity index (χ1) is 5.83. The van der Waals surface area contributed by atoms with Crippen molar-refractivity contribution in [2.45, 2.75) is 19.6 Å². The number of hydrogen-bond donors (Lipinski definition) is 1. The summed E-state index contributed by atoms with van der Waals surface area (Å²) in [5.74, 6) is -2.50. The Hall–Kier alpha value is -0.880. The lowest BCUT2D eigenvalue weighted by atomic mass is 10.2. The van der Waals surface area contributed by atoms with Crippen molar-refractivity contribution >= 4 is 35.0 Å². The van der Waals surface area contributed by atoms with E-state index in [1.165, 1.54) is 13.8 Å². The number of ether oxygens (including phenoxy) is 2. The zero-order valence-electron chi connectivity index (χ0n) is 6.99. The fraction of sp³-hybridized carbons (Fsp3) is 0.429. The third-order valence-electron chi connectivity index (χ3n) is 1.30. The molecule has 1 rings (SSSR count). The molecule has 72 valence electrons. The molecule has 0 bridgehead atoms. The molecule has 0 fully saturated rings. The second-order valence-electron chi connectivity index (χ2n) is 2.86. The van der Waals surface area contributed by atoms with Crippen molar-refractivity contribution in [1.82, 2.24) is 0 Å². The van der Waals surface area contributed by atoms with Crippen LogP contribution in [0.4, 0.5) is 0 Å². The van der Waals surface area contributed by atoms with Crippen LogP contribution in [0.15, 0.2) is 11.5 Å². The number of carbonyl (C=O) groups is 1. The summed E-state index contributed by atoms with van der Waals surface area (Å²) in [7, 11) is 0. The van der Waals surface area contributed by atoms with Crippen molar-refractivity contribution in [3.05, 3.63) is 11.5 Å². The van der Waals surface area contributed by atoms with E-state index in [2.05, 4.69) is 24.8 Å². The maximum absolute atomic E-state index is 11.2. The lowest BCUT2D eigenvalue weighted by molar-refractivity contribution is -0.220. The van der Waals surface area contributed by atoms with Crippen LogP contribution in [0.5, 0.6) is 0 Å². The van der Waals surface area contributed by atoms with E-state index in [1.54, 1.807) is 0 Å². The third kappa shape index (κ3) is 2.07. The Morgan fingerprint density at radius 1 is 1.54 bits per heavy atom. The Labute approximate surface area is 85.9 Å². The standard InChI is InChI=1S/C7H8O4S2/c1-7(2)10-4(8)3(6(12)13)5(9)11-7/h8H,1-2H3,(H,12,13)/p-1. The zero-order chi connectivity index (χ0) is 10.2. The van der Waals surface area contributed by atoms with Gasteiger partial charge in [-0.1, -0.05) is 0 Å². The molecule has 0 aliphatic carbocycles. The first-order valence-corrected chi connectivity index (χ1v) is 4.22. The van der Waals surface area contributed by atoms with Gasteiger partial charge in [-0.2, -0.15) is 0 Å². The third-order valence-corrected chi connectivity index (χ3v) is 1.71. The lowest BCUT2D eigenvalue weighted by Crippen LogP contribution is -2.38. The Balaban J connectivity index is 3.09. The molecule has 0 aromatic carbocycles. The minimum atomic E-state index is -1.18. The molecule has 0 atom stereocenters. The second kappa shape index (κ2) is 3.12. The molecule has 1 aliphatic heterocycles. The van der Waals surface area contributed by atoms with E-state index in [4.69, 9.17) is 9.47 Å². The topological polar surface area (TPSA) is 55.8 Å². The van der Waals surface area contributed by atoms with E-state index < -0.39 is 17.7 Å². The molecular formula is C7H7O4S2-. The van der Waals surface area contributed by atoms with Gasteiger partial charge in [-0.3, -0.25) is 0 Å². The number of esters is 1. The van der Waals surface area contributed by atoms with Gasteiger partial charge in [0.25, 0.3) is 11.7 Å². The summed E-state index contributed by atoms with van der Waals surface area (Å²) in [4.78, 5) is 11.2. The SMILES string of the molecule is CC1(C)OC(=O)C(C(=S)[S-])=C(O)O1. The predicted octanol–water partition coefficient (Wildman–Crippen LogP) is 0.940. The van der Waals surface area contributed by atoms with Gasteiger partial charge in [0.2, 0.25) is 0 Å². The zero-order valence-corrected chi connectivity index (χ0v) is 8.62. The van der Waals surface area contributed by atoms with Crippen molar-refractivity contribution in [3.8, 4) is 0 Å². The Morgan fingerprint density at radius 2 is 2.08 bits per heavy atom. The molecule has 6 heteroatoms. The van der Waals surface area contributed by atoms with Gasteiger partial charge in [0, 0.05) is 13.8 Å². The number of thiocarbonyl (C=S) groups is 1. The fourth-order valence-corrected chi connectivity index (χ4v) is 1.18. The van der Waals surface area contributed by atoms with Crippen molar-refractivity contribution in [2.75, 3.05) is 0 Å². The molecule has 4 nitrogen and oxygen atoms in total. The van der Waals surface area contributed by atoms with E-state index >= 15 is 0 Å². The van der Waals surface area contributed by atoms with Gasteiger partial charge < -0.3 is 39.4 Å². The first kappa shape index (κ1) is 10.2. The molecular weight excluding hydrogens is 212 g/mol. The summed E-state index contributed by atoms with van der Waals surface area (Å²) in [6.07, 6.45) is 0. The molecule has 0 aromatic heterocycles. The summed E-state index contributed by atoms with van der Waals surface area (Å²) in [5, 5.41) is 9.25. The quantitative estimate of drug-likeness (QED) is 0.402. The van der Waals surface area contributed by atoms with Crippen LogP contribution in [-0.2, 0) is 26.9 Å². The second-order valence-corrected chi connectivity index (χ2v) is 3.93. The van der Waals surface area contributed by atoms with Crippen LogP contribution in [0, 0.1) is 0 Å². The number of carbonyl (C=O) groups excluding carboxylic acids is 1. The van der Waals surface area contributed by atoms with Crippen LogP contribution in [0.3, 0.4) is 0 Å². The van der Waals surface area contributed by atoms with Crippen molar-refractivity contribution in [3.63, 3.8) is 0 Å². The number of cyclic esters (lactones) is 1. The summed E-state index contributed by atoms with van der Waals surface area (Å²) in [6, 6.07) is 0. The van der Waals surface area contributed by atoms with E-state index in [9.17, 15) is 9.90 Å². The highest BCUT2D eigenvalue weighted by Gasteiger charge is 2.35. The van der Waals surface area contributed by atoms with E-state index in [0.717, 1.165) is 0 Å². The molecule has 0 aromatic rings. The molecule has 0 saturated carbocycles. The van der Waals surface area contributed by atoms with Crippen LogP contribution in [0.2, 0.25) is 0 Å². The molecule has 0 amide bonds. The van der Waals surface area contributed by atoms with Gasteiger partial charge in [-0.05, 0) is 0 Å². The Bertz CT molecular complexity index is 306. The molecule has 0 spiro atoms. The summed E-state index contributed by atoms with van der Waals surface area (Å²) in [6.45, 7) is 2.98. The van der Waals surface area contributed by atoms with Crippen LogP contribution in [0.25, 0.3) is 0 Å². The molecule has 0 radical (unpaired) electrons. The largest absolute Gasteiger partial charge is 0.480 e. The van der Waals surface area contributed by atoms with E-state index in [1.807, 2.05) is 0 Å². The highest BCUT2D eigenvalue weighted by molar-refractivity contribution is 8.01. The minimum Gasteiger partial charge on any atom is -0.480 e. The van der Waals surface area contributed by atoms with Crippen LogP contribution < -0.4 is 0 Å². The van der Waals surface area contributed by atoms with E-state index in [-0.39, 0.29) is 9.77 Å². The molecule has 1 aliphatic rings. The predicted molar refractivity (Wildman–Crippen MR) is 50.9 cm³/mol. The maximum Gasteiger partial charge on any atom is 0.347 e. The average molecular weight is 219 g/mol. The molecule has 0 saturated heterocycles. The monoisotopic (exact) mass is 219 g/mol. The number of aliphatic hydroxyl groups excluding tert-OH is 1. The summed E-state index contributed by atoms with van der Waals surface area (Å²) >= 11 is 9.12. The highest BCUT2D eigenvalue weighted by Crippen LogP contribution is 2.25. The molecule has 1 heterocycles. The number of rotatable bonds is 1. The summed E-state index contributed by atoms with van der Waals surface area (Å²) < 4.78 is 9.47. The van der Waals surface area contributed by atoms with Gasteiger partial charge in [0.15, 0.2) is 0 Å². The summed E-state index contributed by atoms with van der Waals surface area (Å²) in [5.41, 5.74) is -0.260. The van der Waals surface area contributed by atoms with Gasteiger partial charge >= 0.3 is 5.97 Å².